The highest BCUT2D eigenvalue weighted by atomic mass is 79.9. The lowest BCUT2D eigenvalue weighted by Crippen LogP contribution is -2.32. The molecule has 1 aromatic rings. The summed E-state index contributed by atoms with van der Waals surface area (Å²) in [5, 5.41) is 21.7. The molecule has 0 heterocycles. The SMILES string of the molecule is CCC(CC)(CO)CNc1cc(Br)cc(C#N)c1. The summed E-state index contributed by atoms with van der Waals surface area (Å²) in [5.74, 6) is 0. The Morgan fingerprint density at radius 2 is 2.00 bits per heavy atom. The number of halogens is 1. The zero-order chi connectivity index (χ0) is 13.6. The van der Waals surface area contributed by atoms with Gasteiger partial charge in [-0.25, -0.2) is 0 Å². The molecule has 4 heteroatoms. The van der Waals surface area contributed by atoms with Crippen LogP contribution in [0.5, 0.6) is 0 Å². The van der Waals surface area contributed by atoms with Crippen LogP contribution in [-0.2, 0) is 0 Å². The summed E-state index contributed by atoms with van der Waals surface area (Å²) in [4.78, 5) is 0. The summed E-state index contributed by atoms with van der Waals surface area (Å²) in [6.07, 6.45) is 1.85. The standard InChI is InChI=1S/C14H19BrN2O/c1-3-14(4-2,10-18)9-17-13-6-11(8-16)5-12(15)7-13/h5-7,17-18H,3-4,9-10H2,1-2H3. The normalized spacial score (nSPS) is 11.1. The third-order valence-electron chi connectivity index (χ3n) is 3.53. The third kappa shape index (κ3) is 3.72. The fourth-order valence-corrected chi connectivity index (χ4v) is 2.32. The highest BCUT2D eigenvalue weighted by Crippen LogP contribution is 2.27. The first-order valence-electron chi connectivity index (χ1n) is 6.14. The summed E-state index contributed by atoms with van der Waals surface area (Å²) < 4.78 is 0.881. The van der Waals surface area contributed by atoms with Crippen molar-refractivity contribution >= 4 is 21.6 Å². The maximum Gasteiger partial charge on any atom is 0.0992 e. The second-order valence-corrected chi connectivity index (χ2v) is 5.47. The smallest absolute Gasteiger partial charge is 0.0992 e. The maximum atomic E-state index is 9.51. The molecule has 3 nitrogen and oxygen atoms in total. The number of aliphatic hydroxyl groups excluding tert-OH is 1. The van der Waals surface area contributed by atoms with Gasteiger partial charge in [-0.2, -0.15) is 5.26 Å². The minimum atomic E-state index is -0.0882. The number of aliphatic hydroxyl groups is 1. The molecular formula is C14H19BrN2O. The number of hydrogen-bond acceptors (Lipinski definition) is 3. The van der Waals surface area contributed by atoms with Gasteiger partial charge in [0, 0.05) is 22.1 Å². The molecule has 0 aromatic heterocycles. The molecule has 0 amide bonds. The van der Waals surface area contributed by atoms with Crippen LogP contribution in [-0.4, -0.2) is 18.3 Å². The fourth-order valence-electron chi connectivity index (χ4n) is 1.83. The van der Waals surface area contributed by atoms with E-state index in [1.807, 2.05) is 12.1 Å². The van der Waals surface area contributed by atoms with Gasteiger partial charge in [-0.1, -0.05) is 29.8 Å². The lowest BCUT2D eigenvalue weighted by molar-refractivity contribution is 0.127. The molecule has 0 aliphatic heterocycles. The molecule has 0 spiro atoms. The van der Waals surface area contributed by atoms with Crippen molar-refractivity contribution < 1.29 is 5.11 Å². The van der Waals surface area contributed by atoms with Gasteiger partial charge in [0.15, 0.2) is 0 Å². The van der Waals surface area contributed by atoms with Crippen molar-refractivity contribution in [1.82, 2.24) is 0 Å². The van der Waals surface area contributed by atoms with Crippen LogP contribution in [0.1, 0.15) is 32.3 Å². The lowest BCUT2D eigenvalue weighted by Gasteiger charge is -2.30. The highest BCUT2D eigenvalue weighted by molar-refractivity contribution is 9.10. The van der Waals surface area contributed by atoms with Crippen LogP contribution in [0, 0.1) is 16.7 Å². The Bertz CT molecular complexity index is 428. The van der Waals surface area contributed by atoms with Gasteiger partial charge in [-0.3, -0.25) is 0 Å². The number of nitriles is 1. The fraction of sp³-hybridized carbons (Fsp3) is 0.500. The number of nitrogens with one attached hydrogen (secondary N) is 1. The van der Waals surface area contributed by atoms with E-state index in [1.54, 1.807) is 6.07 Å². The van der Waals surface area contributed by atoms with E-state index in [-0.39, 0.29) is 12.0 Å². The number of nitrogens with zero attached hydrogens (tertiary/aromatic N) is 1. The molecule has 0 atom stereocenters. The van der Waals surface area contributed by atoms with E-state index in [2.05, 4.69) is 41.2 Å². The van der Waals surface area contributed by atoms with Crippen LogP contribution in [0.2, 0.25) is 0 Å². The molecule has 0 saturated heterocycles. The van der Waals surface area contributed by atoms with Crippen molar-refractivity contribution in [2.45, 2.75) is 26.7 Å². The summed E-state index contributed by atoms with van der Waals surface area (Å²) >= 11 is 3.38. The summed E-state index contributed by atoms with van der Waals surface area (Å²) in [7, 11) is 0. The average Bonchev–Trinajstić information content (AvgIpc) is 2.40. The topological polar surface area (TPSA) is 56.0 Å². The highest BCUT2D eigenvalue weighted by Gasteiger charge is 2.24. The van der Waals surface area contributed by atoms with E-state index in [0.717, 1.165) is 23.0 Å². The molecule has 1 rings (SSSR count). The molecule has 98 valence electrons. The molecule has 0 unspecified atom stereocenters. The van der Waals surface area contributed by atoms with Gasteiger partial charge < -0.3 is 10.4 Å². The van der Waals surface area contributed by atoms with Crippen molar-refractivity contribution in [3.05, 3.63) is 28.2 Å². The second-order valence-electron chi connectivity index (χ2n) is 4.56. The van der Waals surface area contributed by atoms with Gasteiger partial charge in [0.1, 0.15) is 0 Å². The summed E-state index contributed by atoms with van der Waals surface area (Å²) in [5.41, 5.74) is 1.44. The third-order valence-corrected chi connectivity index (χ3v) is 3.99. The molecule has 0 aliphatic carbocycles. The molecular weight excluding hydrogens is 292 g/mol. The Balaban J connectivity index is 2.80. The van der Waals surface area contributed by atoms with Gasteiger partial charge >= 0.3 is 0 Å². The quantitative estimate of drug-likeness (QED) is 0.845. The Morgan fingerprint density at radius 3 is 2.50 bits per heavy atom. The van der Waals surface area contributed by atoms with Crippen molar-refractivity contribution in [2.75, 3.05) is 18.5 Å². The largest absolute Gasteiger partial charge is 0.396 e. The predicted octanol–water partition coefficient (Wildman–Crippen LogP) is 3.53. The number of anilines is 1. The maximum absolute atomic E-state index is 9.51. The van der Waals surface area contributed by atoms with E-state index in [9.17, 15) is 5.11 Å². The number of rotatable bonds is 6. The Hall–Kier alpha value is -1.05. The monoisotopic (exact) mass is 310 g/mol. The Morgan fingerprint density at radius 1 is 1.33 bits per heavy atom. The van der Waals surface area contributed by atoms with Crippen LogP contribution >= 0.6 is 15.9 Å². The minimum Gasteiger partial charge on any atom is -0.396 e. The average molecular weight is 311 g/mol. The van der Waals surface area contributed by atoms with Crippen molar-refractivity contribution in [3.8, 4) is 6.07 Å². The molecule has 0 fully saturated rings. The number of hydrogen-bond donors (Lipinski definition) is 2. The molecule has 0 saturated carbocycles. The molecule has 0 aliphatic rings. The van der Waals surface area contributed by atoms with Crippen molar-refractivity contribution in [2.24, 2.45) is 5.41 Å². The van der Waals surface area contributed by atoms with Gasteiger partial charge in [-0.15, -0.1) is 0 Å². The van der Waals surface area contributed by atoms with E-state index in [0.29, 0.717) is 12.1 Å². The predicted molar refractivity (Wildman–Crippen MR) is 77.4 cm³/mol. The molecule has 2 N–H and O–H groups in total. The molecule has 0 radical (unpaired) electrons. The van der Waals surface area contributed by atoms with Crippen LogP contribution in [0.4, 0.5) is 5.69 Å². The first-order valence-corrected chi connectivity index (χ1v) is 6.94. The van der Waals surface area contributed by atoms with Crippen LogP contribution in [0.25, 0.3) is 0 Å². The summed E-state index contributed by atoms with van der Waals surface area (Å²) in [6, 6.07) is 7.67. The zero-order valence-corrected chi connectivity index (χ0v) is 12.4. The van der Waals surface area contributed by atoms with Gasteiger partial charge in [0.2, 0.25) is 0 Å². The molecule has 18 heavy (non-hydrogen) atoms. The minimum absolute atomic E-state index is 0.0882. The van der Waals surface area contributed by atoms with Crippen molar-refractivity contribution in [1.29, 1.82) is 5.26 Å². The zero-order valence-electron chi connectivity index (χ0n) is 10.8. The van der Waals surface area contributed by atoms with Gasteiger partial charge in [0.25, 0.3) is 0 Å². The van der Waals surface area contributed by atoms with Crippen molar-refractivity contribution in [3.63, 3.8) is 0 Å². The van der Waals surface area contributed by atoms with E-state index in [4.69, 9.17) is 5.26 Å². The lowest BCUT2D eigenvalue weighted by atomic mass is 9.83. The Kier molecular flexibility index (Phi) is 5.64. The van der Waals surface area contributed by atoms with Gasteiger partial charge in [0.05, 0.1) is 18.2 Å². The van der Waals surface area contributed by atoms with Crippen LogP contribution in [0.15, 0.2) is 22.7 Å². The molecule has 0 bridgehead atoms. The first kappa shape index (κ1) is 15.0. The summed E-state index contributed by atoms with van der Waals surface area (Å²) in [6.45, 7) is 5.05. The van der Waals surface area contributed by atoms with Crippen LogP contribution in [0.3, 0.4) is 0 Å². The van der Waals surface area contributed by atoms with E-state index >= 15 is 0 Å². The molecule has 1 aromatic carbocycles. The Labute approximate surface area is 117 Å². The van der Waals surface area contributed by atoms with E-state index in [1.165, 1.54) is 0 Å². The van der Waals surface area contributed by atoms with Gasteiger partial charge in [-0.05, 0) is 31.0 Å². The van der Waals surface area contributed by atoms with E-state index < -0.39 is 0 Å². The van der Waals surface area contributed by atoms with Crippen LogP contribution < -0.4 is 5.32 Å². The first-order chi connectivity index (χ1) is 8.59. The number of benzene rings is 1. The second kappa shape index (κ2) is 6.77.